The van der Waals surface area contributed by atoms with Gasteiger partial charge in [-0.25, -0.2) is 13.2 Å². The molecule has 2 aliphatic rings. The van der Waals surface area contributed by atoms with Crippen LogP contribution in [0.15, 0.2) is 30.3 Å². The van der Waals surface area contributed by atoms with Gasteiger partial charge in [0.1, 0.15) is 17.5 Å². The molecule has 0 amide bonds. The van der Waals surface area contributed by atoms with Crippen molar-refractivity contribution < 1.29 is 13.2 Å². The molecule has 0 unspecified atom stereocenters. The fourth-order valence-electron chi connectivity index (χ4n) is 5.94. The molecule has 2 saturated carbocycles. The van der Waals surface area contributed by atoms with Crippen molar-refractivity contribution in [3.05, 3.63) is 69.5 Å². The predicted octanol–water partition coefficient (Wildman–Crippen LogP) is 9.42. The lowest BCUT2D eigenvalue weighted by Crippen LogP contribution is -2.17. The molecule has 4 heteroatoms. The van der Waals surface area contributed by atoms with E-state index in [1.807, 2.05) is 0 Å². The Balaban J connectivity index is 1.28. The molecule has 0 heterocycles. The average Bonchev–Trinajstić information content (AvgIpc) is 2.80. The van der Waals surface area contributed by atoms with Crippen molar-refractivity contribution in [3.8, 4) is 0 Å². The first-order chi connectivity index (χ1) is 15.9. The molecular weight excluding hydrogens is 441 g/mol. The lowest BCUT2D eigenvalue weighted by atomic mass is 9.74. The summed E-state index contributed by atoms with van der Waals surface area (Å²) in [6, 6.07) is 7.58. The Morgan fingerprint density at radius 1 is 0.727 bits per heavy atom. The maximum Gasteiger partial charge on any atom is 0.142 e. The third-order valence-corrected chi connectivity index (χ3v) is 8.55. The lowest BCUT2D eigenvalue weighted by Gasteiger charge is -2.31. The van der Waals surface area contributed by atoms with Crippen LogP contribution in [0.25, 0.3) is 0 Å². The second-order valence-corrected chi connectivity index (χ2v) is 11.0. The minimum absolute atomic E-state index is 0.0544. The van der Waals surface area contributed by atoms with Crippen LogP contribution in [-0.4, -0.2) is 0 Å². The first-order valence-corrected chi connectivity index (χ1v) is 13.2. The molecular formula is C29H36ClF3. The van der Waals surface area contributed by atoms with E-state index in [0.29, 0.717) is 12.0 Å². The summed E-state index contributed by atoms with van der Waals surface area (Å²) in [5, 5.41) is 0.0544. The Labute approximate surface area is 201 Å². The Bertz CT molecular complexity index is 901. The van der Waals surface area contributed by atoms with E-state index in [-0.39, 0.29) is 22.9 Å². The van der Waals surface area contributed by atoms with Gasteiger partial charge >= 0.3 is 0 Å². The predicted molar refractivity (Wildman–Crippen MR) is 130 cm³/mol. The highest BCUT2D eigenvalue weighted by molar-refractivity contribution is 6.30. The summed E-state index contributed by atoms with van der Waals surface area (Å²) in [5.41, 5.74) is 1.57. The van der Waals surface area contributed by atoms with Crippen molar-refractivity contribution in [2.45, 2.75) is 89.9 Å². The summed E-state index contributed by atoms with van der Waals surface area (Å²) >= 11 is 5.71. The molecule has 4 rings (SSSR count). The zero-order valence-electron chi connectivity index (χ0n) is 19.7. The number of rotatable bonds is 7. The second kappa shape index (κ2) is 11.3. The lowest BCUT2D eigenvalue weighted by molar-refractivity contribution is 0.237. The van der Waals surface area contributed by atoms with Gasteiger partial charge in [-0.2, -0.15) is 0 Å². The molecule has 0 bridgehead atoms. The van der Waals surface area contributed by atoms with Crippen LogP contribution in [0.3, 0.4) is 0 Å². The van der Waals surface area contributed by atoms with E-state index in [2.05, 4.69) is 6.92 Å². The van der Waals surface area contributed by atoms with Crippen LogP contribution in [0.1, 0.15) is 93.7 Å². The normalized spacial score (nSPS) is 25.8. The van der Waals surface area contributed by atoms with Gasteiger partial charge in [0, 0.05) is 5.56 Å². The van der Waals surface area contributed by atoms with E-state index in [4.69, 9.17) is 11.6 Å². The standard InChI is InChI=1S/C29H36ClF3/c1-19-2-4-20(5-3-19)6-7-21-8-12-23(13-9-21)24-17-27(31)25(28(32)18-24)14-10-22-11-15-26(30)29(33)16-22/h11,15-21,23H,2-10,12-14H2,1H3/t19-,20-,21-,23-. The van der Waals surface area contributed by atoms with Crippen LogP contribution < -0.4 is 0 Å². The minimum atomic E-state index is -0.505. The molecule has 2 aliphatic carbocycles. The van der Waals surface area contributed by atoms with Crippen LogP contribution in [0.4, 0.5) is 13.2 Å². The zero-order valence-corrected chi connectivity index (χ0v) is 20.4. The summed E-state index contributed by atoms with van der Waals surface area (Å²) < 4.78 is 43.2. The van der Waals surface area contributed by atoms with Gasteiger partial charge in [-0.15, -0.1) is 0 Å². The van der Waals surface area contributed by atoms with Crippen molar-refractivity contribution in [1.82, 2.24) is 0 Å². The first-order valence-electron chi connectivity index (χ1n) is 12.8. The number of hydrogen-bond acceptors (Lipinski definition) is 0. The highest BCUT2D eigenvalue weighted by atomic mass is 35.5. The third kappa shape index (κ3) is 6.56. The monoisotopic (exact) mass is 476 g/mol. The van der Waals surface area contributed by atoms with E-state index < -0.39 is 17.5 Å². The third-order valence-electron chi connectivity index (χ3n) is 8.25. The van der Waals surface area contributed by atoms with E-state index in [1.165, 1.54) is 75.6 Å². The maximum atomic E-state index is 14.8. The summed E-state index contributed by atoms with van der Waals surface area (Å²) in [7, 11) is 0. The average molecular weight is 477 g/mol. The summed E-state index contributed by atoms with van der Waals surface area (Å²) in [4.78, 5) is 0. The van der Waals surface area contributed by atoms with E-state index in [9.17, 15) is 13.2 Å². The Morgan fingerprint density at radius 3 is 1.88 bits per heavy atom. The molecule has 33 heavy (non-hydrogen) atoms. The fraction of sp³-hybridized carbons (Fsp3) is 0.586. The number of benzene rings is 2. The van der Waals surface area contributed by atoms with Crippen molar-refractivity contribution in [2.24, 2.45) is 17.8 Å². The zero-order chi connectivity index (χ0) is 23.4. The summed E-state index contributed by atoms with van der Waals surface area (Å²) in [6.07, 6.45) is 13.2. The van der Waals surface area contributed by atoms with Gasteiger partial charge in [-0.05, 0) is 97.6 Å². The maximum absolute atomic E-state index is 14.8. The van der Waals surface area contributed by atoms with Crippen molar-refractivity contribution in [1.29, 1.82) is 0 Å². The van der Waals surface area contributed by atoms with Gasteiger partial charge in [0.05, 0.1) is 5.02 Å². The van der Waals surface area contributed by atoms with Crippen LogP contribution in [0, 0.1) is 35.2 Å². The smallest absolute Gasteiger partial charge is 0.142 e. The fourth-order valence-corrected chi connectivity index (χ4v) is 6.05. The molecule has 0 aromatic heterocycles. The summed E-state index contributed by atoms with van der Waals surface area (Å²) in [6.45, 7) is 2.37. The number of hydrogen-bond donors (Lipinski definition) is 0. The molecule has 2 aromatic carbocycles. The Hall–Kier alpha value is -1.48. The van der Waals surface area contributed by atoms with Gasteiger partial charge in [-0.3, -0.25) is 0 Å². The molecule has 2 aromatic rings. The van der Waals surface area contributed by atoms with Gasteiger partial charge in [0.2, 0.25) is 0 Å². The largest absolute Gasteiger partial charge is 0.207 e. The minimum Gasteiger partial charge on any atom is -0.207 e. The van der Waals surface area contributed by atoms with Crippen molar-refractivity contribution >= 4 is 11.6 Å². The molecule has 0 atom stereocenters. The molecule has 0 radical (unpaired) electrons. The van der Waals surface area contributed by atoms with Gasteiger partial charge < -0.3 is 0 Å². The van der Waals surface area contributed by atoms with Crippen LogP contribution >= 0.6 is 11.6 Å². The molecule has 0 aliphatic heterocycles. The van der Waals surface area contributed by atoms with Crippen LogP contribution in [0.2, 0.25) is 5.02 Å². The first kappa shape index (κ1) is 24.6. The van der Waals surface area contributed by atoms with Crippen molar-refractivity contribution in [3.63, 3.8) is 0 Å². The van der Waals surface area contributed by atoms with Gasteiger partial charge in [0.15, 0.2) is 0 Å². The number of halogens is 4. The second-order valence-electron chi connectivity index (χ2n) is 10.6. The molecule has 180 valence electrons. The SMILES string of the molecule is C[C@H]1CC[C@H](CC[C@H]2CC[C@H](c3cc(F)c(CCc4ccc(Cl)c(F)c4)c(F)c3)CC2)CC1. The van der Waals surface area contributed by atoms with Crippen molar-refractivity contribution in [2.75, 3.05) is 0 Å². The Kier molecular flexibility index (Phi) is 8.43. The number of aryl methyl sites for hydroxylation is 1. The van der Waals surface area contributed by atoms with E-state index in [1.54, 1.807) is 6.07 Å². The van der Waals surface area contributed by atoms with Crippen LogP contribution in [-0.2, 0) is 12.8 Å². The van der Waals surface area contributed by atoms with Gasteiger partial charge in [-0.1, -0.05) is 63.1 Å². The highest BCUT2D eigenvalue weighted by Crippen LogP contribution is 2.40. The highest BCUT2D eigenvalue weighted by Gasteiger charge is 2.26. The quantitative estimate of drug-likeness (QED) is 0.373. The van der Waals surface area contributed by atoms with E-state index >= 15 is 0 Å². The molecule has 0 nitrogen and oxygen atoms in total. The van der Waals surface area contributed by atoms with Crippen LogP contribution in [0.5, 0.6) is 0 Å². The summed E-state index contributed by atoms with van der Waals surface area (Å²) in [5.74, 6) is 1.38. The van der Waals surface area contributed by atoms with E-state index in [0.717, 1.165) is 36.2 Å². The molecule has 0 spiro atoms. The molecule has 0 saturated heterocycles. The Morgan fingerprint density at radius 2 is 1.30 bits per heavy atom. The molecule has 0 N–H and O–H groups in total. The topological polar surface area (TPSA) is 0 Å². The van der Waals surface area contributed by atoms with Gasteiger partial charge in [0.25, 0.3) is 0 Å². The molecule has 2 fully saturated rings.